The van der Waals surface area contributed by atoms with Crippen LogP contribution in [0, 0.1) is 6.92 Å². The van der Waals surface area contributed by atoms with E-state index < -0.39 is 0 Å². The third-order valence-electron chi connectivity index (χ3n) is 5.39. The molecule has 0 radical (unpaired) electrons. The van der Waals surface area contributed by atoms with Gasteiger partial charge in [-0.05, 0) is 39.2 Å². The highest BCUT2D eigenvalue weighted by atomic mass is 16.5. The molecule has 0 aromatic carbocycles. The van der Waals surface area contributed by atoms with Crippen molar-refractivity contribution in [3.05, 3.63) is 22.9 Å². The van der Waals surface area contributed by atoms with E-state index in [0.717, 1.165) is 42.7 Å². The molecule has 0 bridgehead atoms. The van der Waals surface area contributed by atoms with Crippen LogP contribution in [0.4, 0.5) is 0 Å². The first-order chi connectivity index (χ1) is 11.6. The summed E-state index contributed by atoms with van der Waals surface area (Å²) in [5.74, 6) is 3.72. The zero-order valence-corrected chi connectivity index (χ0v) is 15.0. The Morgan fingerprint density at radius 2 is 1.96 bits per heavy atom. The minimum Gasteiger partial charge on any atom is -0.481 e. The van der Waals surface area contributed by atoms with Gasteiger partial charge in [-0.1, -0.05) is 0 Å². The first-order valence-corrected chi connectivity index (χ1v) is 8.79. The summed E-state index contributed by atoms with van der Waals surface area (Å²) in [5, 5.41) is 13.4. The van der Waals surface area contributed by atoms with E-state index in [1.807, 2.05) is 11.7 Å². The third-order valence-corrected chi connectivity index (χ3v) is 5.39. The number of ether oxygens (including phenoxy) is 1. The topological polar surface area (TPSA) is 61.0 Å². The van der Waals surface area contributed by atoms with E-state index in [-0.39, 0.29) is 0 Å². The number of hydrogen-bond acceptors (Lipinski definition) is 5. The minimum absolute atomic E-state index is 0.342. The summed E-state index contributed by atoms with van der Waals surface area (Å²) >= 11 is 0. The molecule has 1 aliphatic heterocycles. The van der Waals surface area contributed by atoms with E-state index in [1.165, 1.54) is 24.8 Å². The van der Waals surface area contributed by atoms with Crippen LogP contribution in [0.3, 0.4) is 0 Å². The van der Waals surface area contributed by atoms with Crippen molar-refractivity contribution in [1.29, 1.82) is 0 Å². The molecular formula is C17H26N6O. The fraction of sp³-hybridized carbons (Fsp3) is 0.706. The maximum absolute atomic E-state index is 5.62. The molecule has 1 aliphatic carbocycles. The van der Waals surface area contributed by atoms with Gasteiger partial charge in [-0.25, -0.2) is 4.68 Å². The Labute approximate surface area is 142 Å². The minimum atomic E-state index is 0.342. The molecule has 1 saturated heterocycles. The van der Waals surface area contributed by atoms with Crippen LogP contribution in [-0.2, 0) is 20.6 Å². The summed E-state index contributed by atoms with van der Waals surface area (Å²) in [5.41, 5.74) is 2.28. The quantitative estimate of drug-likeness (QED) is 0.840. The van der Waals surface area contributed by atoms with Gasteiger partial charge in [0.2, 0.25) is 5.88 Å². The summed E-state index contributed by atoms with van der Waals surface area (Å²) in [7, 11) is 5.77. The molecule has 0 unspecified atom stereocenters. The summed E-state index contributed by atoms with van der Waals surface area (Å²) in [6.45, 7) is 3.98. The lowest BCUT2D eigenvalue weighted by molar-refractivity contribution is 0.232. The van der Waals surface area contributed by atoms with Crippen LogP contribution >= 0.6 is 0 Å². The van der Waals surface area contributed by atoms with Crippen LogP contribution in [0.2, 0.25) is 0 Å². The molecule has 2 fully saturated rings. The number of nitrogens with zero attached hydrogens (tertiary/aromatic N) is 6. The van der Waals surface area contributed by atoms with Crippen LogP contribution in [0.5, 0.6) is 5.88 Å². The van der Waals surface area contributed by atoms with Crippen LogP contribution in [0.25, 0.3) is 0 Å². The zero-order valence-electron chi connectivity index (χ0n) is 15.0. The van der Waals surface area contributed by atoms with Crippen molar-refractivity contribution in [3.63, 3.8) is 0 Å². The highest BCUT2D eigenvalue weighted by Crippen LogP contribution is 2.41. The Morgan fingerprint density at radius 1 is 1.17 bits per heavy atom. The summed E-state index contributed by atoms with van der Waals surface area (Å²) < 4.78 is 9.65. The highest BCUT2D eigenvalue weighted by Gasteiger charge is 2.34. The third kappa shape index (κ3) is 2.51. The Kier molecular flexibility index (Phi) is 3.83. The van der Waals surface area contributed by atoms with E-state index in [0.29, 0.717) is 12.0 Å². The molecule has 0 amide bonds. The molecule has 7 heteroatoms. The lowest BCUT2D eigenvalue weighted by atomic mass is 10.1. The molecule has 3 heterocycles. The maximum atomic E-state index is 5.62. The lowest BCUT2D eigenvalue weighted by Gasteiger charge is -2.24. The highest BCUT2D eigenvalue weighted by molar-refractivity contribution is 5.35. The van der Waals surface area contributed by atoms with Crippen LogP contribution in [0.15, 0.2) is 0 Å². The average Bonchev–Trinajstić information content (AvgIpc) is 3.09. The average molecular weight is 330 g/mol. The zero-order chi connectivity index (χ0) is 16.8. The van der Waals surface area contributed by atoms with E-state index in [4.69, 9.17) is 4.74 Å². The van der Waals surface area contributed by atoms with E-state index in [1.54, 1.807) is 7.11 Å². The molecular weight excluding hydrogens is 304 g/mol. The monoisotopic (exact) mass is 330 g/mol. The molecule has 2 aliphatic rings. The molecule has 7 nitrogen and oxygen atoms in total. The van der Waals surface area contributed by atoms with Gasteiger partial charge in [0, 0.05) is 26.1 Å². The Hall–Kier alpha value is -1.89. The van der Waals surface area contributed by atoms with Gasteiger partial charge >= 0.3 is 0 Å². The number of methoxy groups -OCH3 is 1. The normalized spacial score (nSPS) is 21.6. The van der Waals surface area contributed by atoms with Crippen molar-refractivity contribution in [2.75, 3.05) is 13.7 Å². The predicted molar refractivity (Wildman–Crippen MR) is 89.9 cm³/mol. The van der Waals surface area contributed by atoms with Crippen molar-refractivity contribution in [1.82, 2.24) is 29.4 Å². The van der Waals surface area contributed by atoms with Crippen LogP contribution in [-0.4, -0.2) is 43.1 Å². The standard InChI is InChI=1S/C17H26N6O/c1-11-15(17(24-4)22(3)20-11)13-6-5-9-23(13)10-14-18-19-16(21(14)2)12-7-8-12/h12-13H,5-10H2,1-4H3/t13-/m0/s1. The molecule has 24 heavy (non-hydrogen) atoms. The smallest absolute Gasteiger partial charge is 0.216 e. The Bertz CT molecular complexity index is 745. The van der Waals surface area contributed by atoms with Crippen LogP contribution in [0.1, 0.15) is 60.5 Å². The fourth-order valence-corrected chi connectivity index (χ4v) is 4.01. The van der Waals surface area contributed by atoms with Crippen molar-refractivity contribution >= 4 is 0 Å². The van der Waals surface area contributed by atoms with Gasteiger partial charge in [0.05, 0.1) is 24.9 Å². The van der Waals surface area contributed by atoms with E-state index in [2.05, 4.69) is 38.7 Å². The Balaban J connectivity index is 1.59. The van der Waals surface area contributed by atoms with E-state index in [9.17, 15) is 0 Å². The van der Waals surface area contributed by atoms with Gasteiger partial charge in [-0.15, -0.1) is 10.2 Å². The second-order valence-electron chi connectivity index (χ2n) is 7.07. The van der Waals surface area contributed by atoms with Crippen molar-refractivity contribution < 1.29 is 4.74 Å². The molecule has 0 spiro atoms. The first kappa shape index (κ1) is 15.6. The second-order valence-corrected chi connectivity index (χ2v) is 7.07. The molecule has 1 atom stereocenters. The summed E-state index contributed by atoms with van der Waals surface area (Å²) in [6.07, 6.45) is 4.83. The first-order valence-electron chi connectivity index (χ1n) is 8.79. The predicted octanol–water partition coefficient (Wildman–Crippen LogP) is 2.08. The molecule has 2 aromatic rings. The molecule has 0 N–H and O–H groups in total. The number of aromatic nitrogens is 5. The van der Waals surface area contributed by atoms with Gasteiger partial charge in [0.1, 0.15) is 11.6 Å². The summed E-state index contributed by atoms with van der Waals surface area (Å²) in [6, 6.07) is 0.342. The number of hydrogen-bond donors (Lipinski definition) is 0. The van der Waals surface area contributed by atoms with Gasteiger partial charge < -0.3 is 9.30 Å². The number of likely N-dealkylation sites (tertiary alicyclic amines) is 1. The van der Waals surface area contributed by atoms with E-state index >= 15 is 0 Å². The van der Waals surface area contributed by atoms with Crippen molar-refractivity contribution in [2.45, 2.75) is 51.1 Å². The molecule has 130 valence electrons. The maximum Gasteiger partial charge on any atom is 0.216 e. The fourth-order valence-electron chi connectivity index (χ4n) is 4.01. The van der Waals surface area contributed by atoms with Crippen molar-refractivity contribution in [3.8, 4) is 5.88 Å². The van der Waals surface area contributed by atoms with Gasteiger partial charge in [0.15, 0.2) is 0 Å². The van der Waals surface area contributed by atoms with Gasteiger partial charge in [-0.3, -0.25) is 4.90 Å². The second kappa shape index (κ2) is 5.88. The largest absolute Gasteiger partial charge is 0.481 e. The molecule has 1 saturated carbocycles. The molecule has 4 rings (SSSR count). The summed E-state index contributed by atoms with van der Waals surface area (Å²) in [4.78, 5) is 2.49. The number of aryl methyl sites for hydroxylation is 2. The SMILES string of the molecule is COc1c([C@@H]2CCCN2Cc2nnc(C3CC3)n2C)c(C)nn1C. The Morgan fingerprint density at radius 3 is 2.67 bits per heavy atom. The van der Waals surface area contributed by atoms with Crippen LogP contribution < -0.4 is 4.74 Å². The molecule has 2 aromatic heterocycles. The van der Waals surface area contributed by atoms with Gasteiger partial charge in [-0.2, -0.15) is 5.10 Å². The lowest BCUT2D eigenvalue weighted by Crippen LogP contribution is -2.25. The van der Waals surface area contributed by atoms with Gasteiger partial charge in [0.25, 0.3) is 0 Å². The number of rotatable bonds is 5. The van der Waals surface area contributed by atoms with Crippen molar-refractivity contribution in [2.24, 2.45) is 14.1 Å².